The predicted molar refractivity (Wildman–Crippen MR) is 127 cm³/mol. The first-order valence-corrected chi connectivity index (χ1v) is 11.0. The Morgan fingerprint density at radius 2 is 1.82 bits per heavy atom. The fraction of sp³-hybridized carbons (Fsp3) is 0.269. The summed E-state index contributed by atoms with van der Waals surface area (Å²) in [7, 11) is 0. The van der Waals surface area contributed by atoms with E-state index in [2.05, 4.69) is 16.7 Å². The molecule has 0 amide bonds. The van der Waals surface area contributed by atoms with E-state index < -0.39 is 12.1 Å². The van der Waals surface area contributed by atoms with E-state index in [1.165, 1.54) is 0 Å². The van der Waals surface area contributed by atoms with Crippen molar-refractivity contribution in [2.45, 2.75) is 25.0 Å². The van der Waals surface area contributed by atoms with Crippen molar-refractivity contribution in [3.63, 3.8) is 0 Å². The van der Waals surface area contributed by atoms with Gasteiger partial charge in [-0.15, -0.1) is 0 Å². The van der Waals surface area contributed by atoms with Crippen LogP contribution in [0, 0.1) is 0 Å². The summed E-state index contributed by atoms with van der Waals surface area (Å²) in [5.74, 6) is 0.675. The molecule has 0 spiro atoms. The van der Waals surface area contributed by atoms with Crippen molar-refractivity contribution >= 4 is 17.3 Å². The minimum atomic E-state index is -0.938. The first kappa shape index (κ1) is 22.6. The number of hydrogen-bond acceptors (Lipinski definition) is 6. The van der Waals surface area contributed by atoms with Gasteiger partial charge in [0.1, 0.15) is 30.3 Å². The molecule has 7 heteroatoms. The van der Waals surface area contributed by atoms with Crippen LogP contribution in [0.25, 0.3) is 0 Å². The zero-order chi connectivity index (χ0) is 23.0. The highest BCUT2D eigenvalue weighted by atomic mass is 16.5. The lowest BCUT2D eigenvalue weighted by Gasteiger charge is -2.27. The molecule has 4 N–H and O–H groups in total. The molecule has 0 saturated heterocycles. The summed E-state index contributed by atoms with van der Waals surface area (Å²) in [4.78, 5) is 11.0. The van der Waals surface area contributed by atoms with E-state index in [1.54, 1.807) is 24.3 Å². The van der Waals surface area contributed by atoms with Gasteiger partial charge in [-0.3, -0.25) is 0 Å². The number of carboxylic acids is 1. The van der Waals surface area contributed by atoms with Gasteiger partial charge in [-0.1, -0.05) is 18.2 Å². The van der Waals surface area contributed by atoms with E-state index >= 15 is 0 Å². The Morgan fingerprint density at radius 3 is 2.58 bits per heavy atom. The summed E-state index contributed by atoms with van der Waals surface area (Å²) in [6, 6.07) is 22.1. The molecule has 0 bridgehead atoms. The average molecular weight is 449 g/mol. The minimum absolute atomic E-state index is 0.0436. The number of para-hydroxylation sites is 1. The van der Waals surface area contributed by atoms with E-state index in [1.807, 2.05) is 42.5 Å². The Morgan fingerprint density at radius 1 is 1.06 bits per heavy atom. The number of anilines is 2. The summed E-state index contributed by atoms with van der Waals surface area (Å²) in [6.07, 6.45) is 1.23. The maximum absolute atomic E-state index is 11.0. The third-order valence-corrected chi connectivity index (χ3v) is 5.45. The smallest absolute Gasteiger partial charge is 0.335 e. The van der Waals surface area contributed by atoms with Gasteiger partial charge >= 0.3 is 5.97 Å². The van der Waals surface area contributed by atoms with Crippen LogP contribution in [0.5, 0.6) is 11.5 Å². The highest BCUT2D eigenvalue weighted by molar-refractivity contribution is 5.88. The number of hydrogen-bond donors (Lipinski definition) is 4. The predicted octanol–water partition coefficient (Wildman–Crippen LogP) is 3.85. The molecule has 0 saturated carbocycles. The second kappa shape index (κ2) is 10.8. The second-order valence-electron chi connectivity index (χ2n) is 8.04. The third-order valence-electron chi connectivity index (χ3n) is 5.45. The van der Waals surface area contributed by atoms with Crippen molar-refractivity contribution in [1.29, 1.82) is 0 Å². The molecule has 33 heavy (non-hydrogen) atoms. The first-order valence-electron chi connectivity index (χ1n) is 11.0. The lowest BCUT2D eigenvalue weighted by molar-refractivity contribution is 0.0697. The van der Waals surface area contributed by atoms with Crippen LogP contribution in [0.15, 0.2) is 72.8 Å². The fourth-order valence-corrected chi connectivity index (χ4v) is 3.71. The number of carbonyl (C=O) groups is 1. The molecule has 3 aromatic carbocycles. The van der Waals surface area contributed by atoms with Crippen LogP contribution < -0.4 is 20.1 Å². The molecule has 0 aromatic heterocycles. The molecule has 172 valence electrons. The second-order valence-corrected chi connectivity index (χ2v) is 8.04. The van der Waals surface area contributed by atoms with Gasteiger partial charge in [0.25, 0.3) is 0 Å². The number of rotatable bonds is 10. The number of fused-ring (bicyclic) bond motifs is 1. The van der Waals surface area contributed by atoms with E-state index in [0.717, 1.165) is 41.3 Å². The molecule has 4 rings (SSSR count). The van der Waals surface area contributed by atoms with E-state index in [9.17, 15) is 9.90 Å². The summed E-state index contributed by atoms with van der Waals surface area (Å²) >= 11 is 0. The number of benzene rings is 3. The van der Waals surface area contributed by atoms with Crippen molar-refractivity contribution in [3.8, 4) is 11.5 Å². The number of aliphatic hydroxyl groups excluding tert-OH is 1. The van der Waals surface area contributed by atoms with Gasteiger partial charge in [-0.05, 0) is 73.0 Å². The van der Waals surface area contributed by atoms with Gasteiger partial charge in [0.2, 0.25) is 0 Å². The molecule has 1 aliphatic heterocycles. The maximum Gasteiger partial charge on any atom is 0.335 e. The number of nitrogens with one attached hydrogen (secondary N) is 2. The van der Waals surface area contributed by atoms with Gasteiger partial charge in [0.15, 0.2) is 0 Å². The molecule has 0 aliphatic carbocycles. The monoisotopic (exact) mass is 448 g/mol. The van der Waals surface area contributed by atoms with Crippen LogP contribution in [0.2, 0.25) is 0 Å². The number of aromatic carboxylic acids is 1. The van der Waals surface area contributed by atoms with Crippen LogP contribution in [0.4, 0.5) is 11.4 Å². The van der Waals surface area contributed by atoms with Gasteiger partial charge in [0, 0.05) is 24.5 Å². The molecule has 1 heterocycles. The highest BCUT2D eigenvalue weighted by Gasteiger charge is 2.20. The Bertz CT molecular complexity index is 1060. The average Bonchev–Trinajstić information content (AvgIpc) is 2.84. The number of ether oxygens (including phenoxy) is 2. The summed E-state index contributed by atoms with van der Waals surface area (Å²) < 4.78 is 11.7. The summed E-state index contributed by atoms with van der Waals surface area (Å²) in [5, 5.41) is 25.7. The van der Waals surface area contributed by atoms with Crippen molar-refractivity contribution in [2.75, 3.05) is 25.0 Å². The molecule has 3 aromatic rings. The fourth-order valence-electron chi connectivity index (χ4n) is 3.71. The zero-order valence-corrected chi connectivity index (χ0v) is 18.2. The molecule has 2 atom stereocenters. The van der Waals surface area contributed by atoms with Crippen LogP contribution in [0.1, 0.15) is 22.3 Å². The SMILES string of the molecule is O=C(O)c1ccc(Nc2ccc3c(c2)CC[C@H](CNC[C@H](O)COc2ccccc2)O3)cc1. The molecule has 0 radical (unpaired) electrons. The Balaban J connectivity index is 1.22. The lowest BCUT2D eigenvalue weighted by Crippen LogP contribution is -2.39. The van der Waals surface area contributed by atoms with Crippen LogP contribution >= 0.6 is 0 Å². The van der Waals surface area contributed by atoms with Crippen LogP contribution in [-0.2, 0) is 6.42 Å². The van der Waals surface area contributed by atoms with Crippen LogP contribution in [0.3, 0.4) is 0 Å². The van der Waals surface area contributed by atoms with Crippen molar-refractivity contribution in [2.24, 2.45) is 0 Å². The Hall–Kier alpha value is -3.55. The summed E-state index contributed by atoms with van der Waals surface area (Å²) in [6.45, 7) is 1.32. The van der Waals surface area contributed by atoms with Gasteiger partial charge in [-0.2, -0.15) is 0 Å². The van der Waals surface area contributed by atoms with Gasteiger partial charge in [-0.25, -0.2) is 4.79 Å². The number of aryl methyl sites for hydroxylation is 1. The first-order chi connectivity index (χ1) is 16.1. The van der Waals surface area contributed by atoms with E-state index in [4.69, 9.17) is 14.6 Å². The number of aliphatic hydroxyl groups is 1. The molecular weight excluding hydrogens is 420 g/mol. The molecule has 0 fully saturated rings. The van der Waals surface area contributed by atoms with E-state index in [-0.39, 0.29) is 18.3 Å². The minimum Gasteiger partial charge on any atom is -0.491 e. The maximum atomic E-state index is 11.0. The molecule has 0 unspecified atom stereocenters. The topological polar surface area (TPSA) is 100 Å². The third kappa shape index (κ3) is 6.47. The standard InChI is InChI=1S/C26H28N2O5/c29-22(17-32-23-4-2-1-3-5-23)15-27-16-24-12-8-19-14-21(11-13-25(19)33-24)28-20-9-6-18(7-10-20)26(30)31/h1-7,9-11,13-14,22,24,27-29H,8,12,15-17H2,(H,30,31)/t22-,24+/m0/s1. The van der Waals surface area contributed by atoms with Crippen molar-refractivity contribution < 1.29 is 24.5 Å². The number of carboxylic acid groups (broad SMARTS) is 1. The Kier molecular flexibility index (Phi) is 7.44. The van der Waals surface area contributed by atoms with Gasteiger partial charge < -0.3 is 30.3 Å². The largest absolute Gasteiger partial charge is 0.491 e. The quantitative estimate of drug-likeness (QED) is 0.374. The zero-order valence-electron chi connectivity index (χ0n) is 18.2. The normalized spacial score (nSPS) is 15.7. The molecule has 7 nitrogen and oxygen atoms in total. The Labute approximate surface area is 193 Å². The molecule has 1 aliphatic rings. The van der Waals surface area contributed by atoms with E-state index in [0.29, 0.717) is 13.1 Å². The van der Waals surface area contributed by atoms with Gasteiger partial charge in [0.05, 0.1) is 5.56 Å². The summed E-state index contributed by atoms with van der Waals surface area (Å²) in [5.41, 5.74) is 3.15. The van der Waals surface area contributed by atoms with Crippen molar-refractivity contribution in [1.82, 2.24) is 5.32 Å². The van der Waals surface area contributed by atoms with Crippen molar-refractivity contribution in [3.05, 3.63) is 83.9 Å². The van der Waals surface area contributed by atoms with Crippen LogP contribution in [-0.4, -0.2) is 48.1 Å². The highest BCUT2D eigenvalue weighted by Crippen LogP contribution is 2.31. The molecular formula is C26H28N2O5. The lowest BCUT2D eigenvalue weighted by atomic mass is 10.0.